The predicted octanol–water partition coefficient (Wildman–Crippen LogP) is 6.23. The van der Waals surface area contributed by atoms with Gasteiger partial charge >= 0.3 is 0 Å². The molecule has 3 heterocycles. The summed E-state index contributed by atoms with van der Waals surface area (Å²) >= 11 is 12.7. The molecule has 0 radical (unpaired) electrons. The van der Waals surface area contributed by atoms with Crippen LogP contribution in [-0.2, 0) is 41.3 Å². The first-order valence-electron chi connectivity index (χ1n) is 12.9. The van der Waals surface area contributed by atoms with Crippen molar-refractivity contribution in [1.82, 2.24) is 14.5 Å². The van der Waals surface area contributed by atoms with E-state index in [4.69, 9.17) is 37.4 Å². The van der Waals surface area contributed by atoms with E-state index in [1.54, 1.807) is 24.7 Å². The van der Waals surface area contributed by atoms with Crippen LogP contribution in [0.1, 0.15) is 22.3 Å². The Kier molecular flexibility index (Phi) is 7.60. The second kappa shape index (κ2) is 11.3. The van der Waals surface area contributed by atoms with Gasteiger partial charge in [0, 0.05) is 42.6 Å². The largest absolute Gasteiger partial charge is 0.491 e. The average Bonchev–Trinajstić information content (AvgIpc) is 3.59. The van der Waals surface area contributed by atoms with Gasteiger partial charge in [0.15, 0.2) is 0 Å². The Morgan fingerprint density at radius 3 is 2.72 bits per heavy atom. The minimum Gasteiger partial charge on any atom is -0.491 e. The normalized spacial score (nSPS) is 21.2. The zero-order chi connectivity index (χ0) is 26.8. The molecule has 6 nitrogen and oxygen atoms in total. The van der Waals surface area contributed by atoms with Gasteiger partial charge in [-0.3, -0.25) is 4.90 Å². The van der Waals surface area contributed by atoms with Crippen LogP contribution in [0.25, 0.3) is 0 Å². The minimum absolute atomic E-state index is 0.206. The molecule has 6 rings (SSSR count). The number of rotatable bonds is 8. The van der Waals surface area contributed by atoms with Crippen LogP contribution in [0.3, 0.4) is 0 Å². The topological polar surface area (TPSA) is 48.8 Å². The first-order valence-corrected chi connectivity index (χ1v) is 13.7. The fourth-order valence-corrected chi connectivity index (χ4v) is 5.78. The maximum atomic E-state index is 13.2. The second-order valence-electron chi connectivity index (χ2n) is 9.99. The number of hydrogen-bond donors (Lipinski definition) is 0. The SMILES string of the molecule is Fc1ccc(CN2CCc3cc(OCC4COC(Cn5ccnc5)(c5ccc(Cl)cc5Cl)O4)ccc3C2)cc1. The van der Waals surface area contributed by atoms with Crippen molar-refractivity contribution in [1.29, 1.82) is 0 Å². The fraction of sp³-hybridized carbons (Fsp3) is 0.300. The Hall–Kier alpha value is -2.94. The van der Waals surface area contributed by atoms with Gasteiger partial charge in [0.25, 0.3) is 0 Å². The first kappa shape index (κ1) is 26.3. The van der Waals surface area contributed by atoms with E-state index in [9.17, 15) is 4.39 Å². The molecule has 1 aromatic heterocycles. The summed E-state index contributed by atoms with van der Waals surface area (Å²) in [7, 11) is 0. The van der Waals surface area contributed by atoms with Crippen LogP contribution in [0.4, 0.5) is 4.39 Å². The third-order valence-corrected chi connectivity index (χ3v) is 7.72. The molecule has 2 unspecified atom stereocenters. The Bertz CT molecular complexity index is 1430. The number of benzene rings is 3. The maximum absolute atomic E-state index is 13.2. The van der Waals surface area contributed by atoms with E-state index in [0.717, 1.165) is 37.4 Å². The zero-order valence-corrected chi connectivity index (χ0v) is 22.7. The van der Waals surface area contributed by atoms with Gasteiger partial charge in [-0.25, -0.2) is 9.37 Å². The molecular formula is C30H28Cl2FN3O3. The average molecular weight is 568 g/mol. The molecular weight excluding hydrogens is 540 g/mol. The molecule has 39 heavy (non-hydrogen) atoms. The summed E-state index contributed by atoms with van der Waals surface area (Å²) in [4.78, 5) is 6.52. The lowest BCUT2D eigenvalue weighted by molar-refractivity contribution is -0.189. The number of aromatic nitrogens is 2. The molecule has 1 saturated heterocycles. The lowest BCUT2D eigenvalue weighted by Gasteiger charge is -2.30. The number of hydrogen-bond acceptors (Lipinski definition) is 5. The minimum atomic E-state index is -1.08. The van der Waals surface area contributed by atoms with E-state index in [0.29, 0.717) is 35.4 Å². The fourth-order valence-electron chi connectivity index (χ4n) is 5.22. The van der Waals surface area contributed by atoms with Crippen LogP contribution in [0.15, 0.2) is 79.4 Å². The summed E-state index contributed by atoms with van der Waals surface area (Å²) in [6, 6.07) is 18.3. The van der Waals surface area contributed by atoms with Crippen molar-refractivity contribution in [3.63, 3.8) is 0 Å². The molecule has 4 aromatic rings. The van der Waals surface area contributed by atoms with Crippen molar-refractivity contribution >= 4 is 23.2 Å². The van der Waals surface area contributed by atoms with Crippen LogP contribution < -0.4 is 4.74 Å². The van der Waals surface area contributed by atoms with Gasteiger partial charge in [-0.2, -0.15) is 0 Å². The van der Waals surface area contributed by atoms with E-state index in [1.165, 1.54) is 23.3 Å². The quantitative estimate of drug-likeness (QED) is 0.252. The molecule has 1 fully saturated rings. The highest BCUT2D eigenvalue weighted by Gasteiger charge is 2.45. The monoisotopic (exact) mass is 567 g/mol. The van der Waals surface area contributed by atoms with Gasteiger partial charge in [-0.1, -0.05) is 47.5 Å². The van der Waals surface area contributed by atoms with Crippen LogP contribution in [0.5, 0.6) is 5.75 Å². The van der Waals surface area contributed by atoms with Gasteiger partial charge in [-0.15, -0.1) is 0 Å². The summed E-state index contributed by atoms with van der Waals surface area (Å²) in [5.41, 5.74) is 4.40. The molecule has 9 heteroatoms. The Morgan fingerprint density at radius 2 is 1.92 bits per heavy atom. The molecule has 2 aliphatic rings. The molecule has 0 spiro atoms. The Labute approximate surface area is 236 Å². The lowest BCUT2D eigenvalue weighted by Crippen LogP contribution is -2.34. The summed E-state index contributed by atoms with van der Waals surface area (Å²) in [6.07, 6.45) is 5.93. The van der Waals surface area contributed by atoms with E-state index >= 15 is 0 Å². The van der Waals surface area contributed by atoms with Crippen molar-refractivity contribution < 1.29 is 18.6 Å². The van der Waals surface area contributed by atoms with Gasteiger partial charge in [-0.05, 0) is 59.5 Å². The van der Waals surface area contributed by atoms with Crippen LogP contribution in [0, 0.1) is 5.82 Å². The van der Waals surface area contributed by atoms with E-state index in [2.05, 4.69) is 22.0 Å². The number of halogens is 3. The van der Waals surface area contributed by atoms with E-state index < -0.39 is 5.79 Å². The predicted molar refractivity (Wildman–Crippen MR) is 147 cm³/mol. The zero-order valence-electron chi connectivity index (χ0n) is 21.2. The molecule has 0 saturated carbocycles. The third-order valence-electron chi connectivity index (χ3n) is 7.18. The highest BCUT2D eigenvalue weighted by atomic mass is 35.5. The van der Waals surface area contributed by atoms with Crippen molar-refractivity contribution in [3.05, 3.63) is 118 Å². The van der Waals surface area contributed by atoms with Crippen molar-refractivity contribution in [3.8, 4) is 5.75 Å². The lowest BCUT2D eigenvalue weighted by atomic mass is 9.99. The number of ether oxygens (including phenoxy) is 3. The van der Waals surface area contributed by atoms with Gasteiger partial charge in [0.05, 0.1) is 24.5 Å². The molecule has 202 valence electrons. The van der Waals surface area contributed by atoms with Crippen molar-refractivity contribution in [2.75, 3.05) is 19.8 Å². The Morgan fingerprint density at radius 1 is 1.05 bits per heavy atom. The molecule has 3 aromatic carbocycles. The smallest absolute Gasteiger partial charge is 0.215 e. The summed E-state index contributed by atoms with van der Waals surface area (Å²) in [5.74, 6) is -0.483. The molecule has 0 aliphatic carbocycles. The summed E-state index contributed by atoms with van der Waals surface area (Å²) in [6.45, 7) is 3.67. The van der Waals surface area contributed by atoms with Crippen molar-refractivity contribution in [2.24, 2.45) is 0 Å². The first-order chi connectivity index (χ1) is 19.0. The molecule has 2 aliphatic heterocycles. The third kappa shape index (κ3) is 5.98. The van der Waals surface area contributed by atoms with Crippen LogP contribution in [0.2, 0.25) is 10.0 Å². The number of fused-ring (bicyclic) bond motifs is 1. The van der Waals surface area contributed by atoms with Crippen LogP contribution in [-0.4, -0.2) is 40.3 Å². The van der Waals surface area contributed by atoms with Gasteiger partial charge < -0.3 is 18.8 Å². The molecule has 2 atom stereocenters. The van der Waals surface area contributed by atoms with E-state index in [1.807, 2.05) is 35.0 Å². The highest BCUT2D eigenvalue weighted by Crippen LogP contribution is 2.40. The molecule has 0 amide bonds. The standard InChI is InChI=1S/C30H28Cl2FN3O3/c31-24-4-8-28(29(32)14-24)30(19-36-12-10-34-20-36)38-18-27(39-30)17-37-26-7-3-23-16-35(11-9-22(23)13-26)15-21-1-5-25(33)6-2-21/h1-8,10,12-14,20,27H,9,11,15-19H2. The maximum Gasteiger partial charge on any atom is 0.215 e. The molecule has 0 bridgehead atoms. The van der Waals surface area contributed by atoms with Crippen molar-refractivity contribution in [2.45, 2.75) is 37.9 Å². The molecule has 0 N–H and O–H groups in total. The summed E-state index contributed by atoms with van der Waals surface area (Å²) < 4.78 is 34.1. The number of nitrogens with zero attached hydrogens (tertiary/aromatic N) is 3. The van der Waals surface area contributed by atoms with Gasteiger partial charge in [0.1, 0.15) is 24.3 Å². The summed E-state index contributed by atoms with van der Waals surface area (Å²) in [5, 5.41) is 1.03. The van der Waals surface area contributed by atoms with E-state index in [-0.39, 0.29) is 11.9 Å². The second-order valence-corrected chi connectivity index (χ2v) is 10.8. The van der Waals surface area contributed by atoms with Gasteiger partial charge in [0.2, 0.25) is 5.79 Å². The number of imidazole rings is 1. The highest BCUT2D eigenvalue weighted by molar-refractivity contribution is 6.35. The van der Waals surface area contributed by atoms with Crippen LogP contribution >= 0.6 is 23.2 Å². The Balaban J connectivity index is 1.10.